The van der Waals surface area contributed by atoms with E-state index in [0.29, 0.717) is 33.8 Å². The molecule has 0 bridgehead atoms. The number of urea groups is 1. The topological polar surface area (TPSA) is 128 Å². The maximum atomic E-state index is 13.5. The molecule has 0 spiro atoms. The van der Waals surface area contributed by atoms with E-state index in [-0.39, 0.29) is 24.9 Å². The molecule has 1 aromatic heterocycles. The van der Waals surface area contributed by atoms with Crippen molar-refractivity contribution in [2.45, 2.75) is 6.04 Å². The highest BCUT2D eigenvalue weighted by molar-refractivity contribution is 7.89. The van der Waals surface area contributed by atoms with Crippen LogP contribution in [0.2, 0.25) is 5.02 Å². The monoisotopic (exact) mass is 565 g/mol. The van der Waals surface area contributed by atoms with Gasteiger partial charge in [-0.1, -0.05) is 23.7 Å². The van der Waals surface area contributed by atoms with E-state index in [1.54, 1.807) is 65.7 Å². The van der Waals surface area contributed by atoms with Crippen LogP contribution in [-0.4, -0.2) is 48.2 Å². The number of nitrogens with zero attached hydrogens (tertiary/aromatic N) is 4. The van der Waals surface area contributed by atoms with Crippen LogP contribution in [0.1, 0.15) is 11.6 Å². The van der Waals surface area contributed by atoms with Gasteiger partial charge in [-0.3, -0.25) is 9.88 Å². The lowest BCUT2D eigenvalue weighted by Gasteiger charge is -2.24. The van der Waals surface area contributed by atoms with Gasteiger partial charge in [0.2, 0.25) is 15.9 Å². The lowest BCUT2D eigenvalue weighted by atomic mass is 10.1. The Bertz CT molecular complexity index is 1550. The number of hydrogen-bond donors (Lipinski definition) is 1. The van der Waals surface area contributed by atoms with Crippen LogP contribution in [0.3, 0.4) is 0 Å². The smallest absolute Gasteiger partial charge is 0.325 e. The summed E-state index contributed by atoms with van der Waals surface area (Å²) in [6, 6.07) is 20.6. The molecule has 0 aliphatic carbocycles. The Morgan fingerprint density at radius 3 is 2.33 bits per heavy atom. The van der Waals surface area contributed by atoms with Gasteiger partial charge in [0.05, 0.1) is 18.0 Å². The Hall–Kier alpha value is -4.19. The van der Waals surface area contributed by atoms with E-state index in [1.807, 2.05) is 18.2 Å². The van der Waals surface area contributed by atoms with E-state index in [1.165, 1.54) is 17.3 Å². The Morgan fingerprint density at radius 1 is 0.949 bits per heavy atom. The van der Waals surface area contributed by atoms with E-state index in [9.17, 15) is 13.2 Å². The molecule has 10 nitrogen and oxygen atoms in total. The molecule has 0 saturated carbocycles. The molecule has 1 aliphatic rings. The van der Waals surface area contributed by atoms with E-state index >= 15 is 0 Å². The first-order valence-corrected chi connectivity index (χ1v) is 14.0. The molecular formula is C27H24ClN5O5S. The first kappa shape index (κ1) is 26.4. The lowest BCUT2D eigenvalue weighted by molar-refractivity contribution is 0.223. The first-order chi connectivity index (χ1) is 18.7. The molecule has 2 amide bonds. The van der Waals surface area contributed by atoms with Gasteiger partial charge >= 0.3 is 6.03 Å². The number of amides is 2. The van der Waals surface area contributed by atoms with E-state index in [4.69, 9.17) is 26.2 Å². The standard InChI is InChI=1S/C27H24ClN5O5S/c28-20-4-8-22(9-5-20)37-23-10-6-21(7-11-23)33-25(18-32(27(33)34)14-15-39(29,35)36)19-2-1-3-24(16-19)38-26-17-30-12-13-31-26/h1-13,16-17,25H,14-15,18H2,(H2,29,35,36)/t25-/m1/s1. The summed E-state index contributed by atoms with van der Waals surface area (Å²) in [5.41, 5.74) is 1.41. The molecule has 1 aliphatic heterocycles. The van der Waals surface area contributed by atoms with Crippen molar-refractivity contribution >= 4 is 33.3 Å². The SMILES string of the molecule is NS(=O)(=O)CCN1C[C@H](c2cccc(Oc3cnccn3)c2)N(c2ccc(Oc3ccc(Cl)cc3)cc2)C1=O. The minimum atomic E-state index is -3.75. The predicted octanol–water partition coefficient (Wildman–Crippen LogP) is 4.99. The minimum Gasteiger partial charge on any atom is -0.457 e. The summed E-state index contributed by atoms with van der Waals surface area (Å²) in [4.78, 5) is 24.8. The van der Waals surface area contributed by atoms with Crippen LogP contribution in [0.4, 0.5) is 10.5 Å². The second-order valence-electron chi connectivity index (χ2n) is 8.75. The second-order valence-corrected chi connectivity index (χ2v) is 10.9. The van der Waals surface area contributed by atoms with Gasteiger partial charge in [0.1, 0.15) is 17.2 Å². The van der Waals surface area contributed by atoms with Crippen molar-refractivity contribution < 1.29 is 22.7 Å². The van der Waals surface area contributed by atoms with Gasteiger partial charge in [-0.2, -0.15) is 0 Å². The lowest BCUT2D eigenvalue weighted by Crippen LogP contribution is -2.36. The zero-order valence-corrected chi connectivity index (χ0v) is 22.1. The number of rotatable bonds is 9. The quantitative estimate of drug-likeness (QED) is 0.303. The largest absolute Gasteiger partial charge is 0.457 e. The van der Waals surface area contributed by atoms with E-state index in [2.05, 4.69) is 9.97 Å². The molecule has 200 valence electrons. The maximum Gasteiger partial charge on any atom is 0.325 e. The summed E-state index contributed by atoms with van der Waals surface area (Å²) in [6.45, 7) is 0.226. The van der Waals surface area contributed by atoms with Crippen molar-refractivity contribution in [3.63, 3.8) is 0 Å². The molecule has 4 aromatic rings. The summed E-state index contributed by atoms with van der Waals surface area (Å²) in [7, 11) is -3.75. The highest BCUT2D eigenvalue weighted by Gasteiger charge is 2.39. The minimum absolute atomic E-state index is 0.0295. The summed E-state index contributed by atoms with van der Waals surface area (Å²) in [6.07, 6.45) is 4.58. The van der Waals surface area contributed by atoms with Gasteiger partial charge in [0.25, 0.3) is 0 Å². The fourth-order valence-electron chi connectivity index (χ4n) is 4.18. The normalized spacial score (nSPS) is 15.4. The van der Waals surface area contributed by atoms with Gasteiger partial charge in [-0.25, -0.2) is 23.3 Å². The van der Waals surface area contributed by atoms with Crippen molar-refractivity contribution in [3.05, 3.63) is 102 Å². The third kappa shape index (κ3) is 6.63. The molecule has 0 radical (unpaired) electrons. The summed E-state index contributed by atoms with van der Waals surface area (Å²) < 4.78 is 34.9. The third-order valence-electron chi connectivity index (χ3n) is 6.00. The Kier molecular flexibility index (Phi) is 7.64. The third-order valence-corrected chi connectivity index (χ3v) is 7.00. The molecule has 2 heterocycles. The fourth-order valence-corrected chi connectivity index (χ4v) is 4.78. The highest BCUT2D eigenvalue weighted by Crippen LogP contribution is 2.37. The van der Waals surface area contributed by atoms with Crippen molar-refractivity contribution in [3.8, 4) is 23.1 Å². The highest BCUT2D eigenvalue weighted by atomic mass is 35.5. The predicted molar refractivity (Wildman–Crippen MR) is 147 cm³/mol. The van der Waals surface area contributed by atoms with Crippen LogP contribution in [0, 0.1) is 0 Å². The Balaban J connectivity index is 1.42. The number of nitrogens with two attached hydrogens (primary N) is 1. The molecule has 12 heteroatoms. The van der Waals surface area contributed by atoms with Crippen molar-refractivity contribution in [2.75, 3.05) is 23.7 Å². The molecular weight excluding hydrogens is 542 g/mol. The van der Waals surface area contributed by atoms with Crippen LogP contribution in [-0.2, 0) is 10.0 Å². The molecule has 1 fully saturated rings. The average molecular weight is 566 g/mol. The first-order valence-electron chi connectivity index (χ1n) is 11.9. The van der Waals surface area contributed by atoms with Gasteiger partial charge < -0.3 is 14.4 Å². The number of primary sulfonamides is 1. The second kappa shape index (κ2) is 11.3. The number of anilines is 1. The van der Waals surface area contributed by atoms with Gasteiger partial charge in [-0.05, 0) is 66.2 Å². The number of carbonyl (C=O) groups excluding carboxylic acids is 1. The summed E-state index contributed by atoms with van der Waals surface area (Å²) in [5.74, 6) is 1.71. The zero-order valence-electron chi connectivity index (χ0n) is 20.6. The van der Waals surface area contributed by atoms with Crippen LogP contribution in [0.5, 0.6) is 23.1 Å². The molecule has 0 unspecified atom stereocenters. The number of benzene rings is 3. The van der Waals surface area contributed by atoms with Crippen molar-refractivity contribution in [1.82, 2.24) is 14.9 Å². The molecule has 3 aromatic carbocycles. The fraction of sp³-hybridized carbons (Fsp3) is 0.148. The number of halogens is 1. The Labute approximate surface area is 230 Å². The van der Waals surface area contributed by atoms with Gasteiger partial charge in [0.15, 0.2) is 0 Å². The number of sulfonamides is 1. The van der Waals surface area contributed by atoms with Crippen LogP contribution < -0.4 is 19.5 Å². The van der Waals surface area contributed by atoms with Crippen LogP contribution >= 0.6 is 11.6 Å². The van der Waals surface area contributed by atoms with Crippen molar-refractivity contribution in [2.24, 2.45) is 5.14 Å². The van der Waals surface area contributed by atoms with E-state index in [0.717, 1.165) is 5.56 Å². The molecule has 2 N–H and O–H groups in total. The number of hydrogen-bond acceptors (Lipinski definition) is 7. The molecule has 1 atom stereocenters. The number of carbonyl (C=O) groups is 1. The number of ether oxygens (including phenoxy) is 2. The molecule has 39 heavy (non-hydrogen) atoms. The molecule has 5 rings (SSSR count). The van der Waals surface area contributed by atoms with Gasteiger partial charge in [-0.15, -0.1) is 0 Å². The maximum absolute atomic E-state index is 13.5. The average Bonchev–Trinajstić information content (AvgIpc) is 3.26. The Morgan fingerprint density at radius 2 is 1.67 bits per heavy atom. The number of aromatic nitrogens is 2. The summed E-state index contributed by atoms with van der Waals surface area (Å²) in [5, 5.41) is 5.81. The summed E-state index contributed by atoms with van der Waals surface area (Å²) >= 11 is 5.94. The van der Waals surface area contributed by atoms with Crippen molar-refractivity contribution in [1.29, 1.82) is 0 Å². The molecule has 1 saturated heterocycles. The van der Waals surface area contributed by atoms with Crippen LogP contribution in [0.15, 0.2) is 91.4 Å². The van der Waals surface area contributed by atoms with E-state index < -0.39 is 16.1 Å². The zero-order chi connectivity index (χ0) is 27.4. The van der Waals surface area contributed by atoms with Crippen LogP contribution in [0.25, 0.3) is 0 Å². The van der Waals surface area contributed by atoms with Gasteiger partial charge in [0, 0.05) is 36.2 Å².